The summed E-state index contributed by atoms with van der Waals surface area (Å²) in [4.78, 5) is 52.6. The average Bonchev–Trinajstić information content (AvgIpc) is 3.06. The highest BCUT2D eigenvalue weighted by Crippen LogP contribution is 2.42. The second-order valence-electron chi connectivity index (χ2n) is 12.8. The summed E-state index contributed by atoms with van der Waals surface area (Å²) >= 11 is 0. The molecule has 3 N–H and O–H groups in total. The Balaban J connectivity index is 1.26. The van der Waals surface area contributed by atoms with Crippen molar-refractivity contribution in [3.63, 3.8) is 0 Å². The lowest BCUT2D eigenvalue weighted by atomic mass is 9.67. The van der Waals surface area contributed by atoms with Crippen LogP contribution in [0.15, 0.2) is 91.0 Å². The van der Waals surface area contributed by atoms with Crippen LogP contribution < -0.4 is 16.0 Å². The first kappa shape index (κ1) is 34.2. The van der Waals surface area contributed by atoms with Crippen molar-refractivity contribution in [1.29, 1.82) is 0 Å². The quantitative estimate of drug-likeness (QED) is 0.250. The molecule has 0 aliphatic carbocycles. The summed E-state index contributed by atoms with van der Waals surface area (Å²) in [7, 11) is 0. The smallest absolute Gasteiger partial charge is 0.410 e. The van der Waals surface area contributed by atoms with Gasteiger partial charge in [-0.2, -0.15) is 0 Å². The number of ether oxygens (including phenoxy) is 1. The second-order valence-corrected chi connectivity index (χ2v) is 12.8. The van der Waals surface area contributed by atoms with Crippen LogP contribution in [0.5, 0.6) is 0 Å². The molecule has 4 rings (SSSR count). The third-order valence-corrected chi connectivity index (χ3v) is 8.10. The SMILES string of the molecule is CC(C)(C)OC(=O)N1CCC[C@H](CNC(=O)CCNC(=O)CNC(=O)CC(c2ccccc2)(c2ccccc2)c2ccccc2)C1. The Labute approximate surface area is 272 Å². The summed E-state index contributed by atoms with van der Waals surface area (Å²) in [5, 5.41) is 8.43. The first-order chi connectivity index (χ1) is 22.1. The summed E-state index contributed by atoms with van der Waals surface area (Å²) in [6.45, 7) is 7.11. The molecular formula is C37H46N4O5. The van der Waals surface area contributed by atoms with Crippen LogP contribution in [0.4, 0.5) is 4.79 Å². The number of piperidine rings is 1. The number of amides is 4. The van der Waals surface area contributed by atoms with Gasteiger partial charge in [-0.3, -0.25) is 14.4 Å². The molecule has 1 atom stereocenters. The van der Waals surface area contributed by atoms with Gasteiger partial charge in [-0.05, 0) is 56.2 Å². The van der Waals surface area contributed by atoms with Crippen LogP contribution in [-0.2, 0) is 24.5 Å². The maximum atomic E-state index is 13.4. The van der Waals surface area contributed by atoms with Crippen LogP contribution in [0.25, 0.3) is 0 Å². The van der Waals surface area contributed by atoms with E-state index in [1.54, 1.807) is 4.90 Å². The molecule has 1 saturated heterocycles. The molecule has 0 saturated carbocycles. The largest absolute Gasteiger partial charge is 0.444 e. The van der Waals surface area contributed by atoms with Gasteiger partial charge >= 0.3 is 6.09 Å². The van der Waals surface area contributed by atoms with Crippen molar-refractivity contribution in [3.8, 4) is 0 Å². The van der Waals surface area contributed by atoms with Crippen LogP contribution >= 0.6 is 0 Å². The number of nitrogens with zero attached hydrogens (tertiary/aromatic N) is 1. The van der Waals surface area contributed by atoms with Gasteiger partial charge in [0.2, 0.25) is 17.7 Å². The number of benzene rings is 3. The lowest BCUT2D eigenvalue weighted by Crippen LogP contribution is -2.45. The van der Waals surface area contributed by atoms with Gasteiger partial charge in [0.1, 0.15) is 5.60 Å². The number of nitrogens with one attached hydrogen (secondary N) is 3. The highest BCUT2D eigenvalue weighted by molar-refractivity contribution is 5.86. The number of hydrogen-bond acceptors (Lipinski definition) is 5. The molecule has 3 aromatic rings. The average molecular weight is 627 g/mol. The topological polar surface area (TPSA) is 117 Å². The molecule has 1 aliphatic heterocycles. The van der Waals surface area contributed by atoms with Crippen molar-refractivity contribution in [3.05, 3.63) is 108 Å². The lowest BCUT2D eigenvalue weighted by molar-refractivity contribution is -0.126. The molecule has 1 heterocycles. The first-order valence-corrected chi connectivity index (χ1v) is 16.0. The Bertz CT molecular complexity index is 1340. The minimum absolute atomic E-state index is 0.104. The van der Waals surface area contributed by atoms with Crippen molar-refractivity contribution in [2.45, 2.75) is 57.5 Å². The van der Waals surface area contributed by atoms with Gasteiger partial charge in [-0.25, -0.2) is 4.79 Å². The molecule has 3 aromatic carbocycles. The number of hydrogen-bond donors (Lipinski definition) is 3. The van der Waals surface area contributed by atoms with Crippen molar-refractivity contribution in [2.75, 3.05) is 32.7 Å². The van der Waals surface area contributed by atoms with Crippen LogP contribution in [0.3, 0.4) is 0 Å². The van der Waals surface area contributed by atoms with E-state index in [0.717, 1.165) is 29.5 Å². The summed E-state index contributed by atoms with van der Waals surface area (Å²) in [5.74, 6) is -0.676. The van der Waals surface area contributed by atoms with Gasteiger partial charge in [0.15, 0.2) is 0 Å². The first-order valence-electron chi connectivity index (χ1n) is 16.0. The molecule has 9 nitrogen and oxygen atoms in total. The predicted molar refractivity (Wildman–Crippen MR) is 178 cm³/mol. The Kier molecular flexibility index (Phi) is 11.9. The van der Waals surface area contributed by atoms with Crippen molar-refractivity contribution in [2.24, 2.45) is 5.92 Å². The van der Waals surface area contributed by atoms with E-state index < -0.39 is 11.0 Å². The van der Waals surface area contributed by atoms with Crippen LogP contribution in [-0.4, -0.2) is 67.0 Å². The minimum atomic E-state index is -0.759. The van der Waals surface area contributed by atoms with E-state index in [1.165, 1.54) is 0 Å². The van der Waals surface area contributed by atoms with Gasteiger partial charge in [-0.1, -0.05) is 91.0 Å². The molecular weight excluding hydrogens is 580 g/mol. The minimum Gasteiger partial charge on any atom is -0.444 e. The van der Waals surface area contributed by atoms with Gasteiger partial charge in [0.25, 0.3) is 0 Å². The molecule has 0 aromatic heterocycles. The van der Waals surface area contributed by atoms with Gasteiger partial charge in [0.05, 0.1) is 12.0 Å². The van der Waals surface area contributed by atoms with Crippen LogP contribution in [0.1, 0.15) is 63.1 Å². The zero-order valence-corrected chi connectivity index (χ0v) is 27.1. The molecule has 244 valence electrons. The summed E-state index contributed by atoms with van der Waals surface area (Å²) in [5.41, 5.74) is 1.61. The molecule has 9 heteroatoms. The third-order valence-electron chi connectivity index (χ3n) is 8.10. The molecule has 0 unspecified atom stereocenters. The molecule has 0 bridgehead atoms. The predicted octanol–water partition coefficient (Wildman–Crippen LogP) is 4.80. The fraction of sp³-hybridized carbons (Fsp3) is 0.405. The Morgan fingerprint density at radius 2 is 1.28 bits per heavy atom. The summed E-state index contributed by atoms with van der Waals surface area (Å²) in [6, 6.07) is 29.8. The number of carbonyl (C=O) groups excluding carboxylic acids is 4. The maximum Gasteiger partial charge on any atom is 0.410 e. The number of carbonyl (C=O) groups is 4. The maximum absolute atomic E-state index is 13.4. The van der Waals surface area contributed by atoms with Crippen molar-refractivity contribution in [1.82, 2.24) is 20.9 Å². The van der Waals surface area contributed by atoms with Crippen molar-refractivity contribution >= 4 is 23.8 Å². The lowest BCUT2D eigenvalue weighted by Gasteiger charge is -2.35. The highest BCUT2D eigenvalue weighted by Gasteiger charge is 2.38. The Morgan fingerprint density at radius 1 is 0.739 bits per heavy atom. The fourth-order valence-corrected chi connectivity index (χ4v) is 5.90. The normalized spacial score (nSPS) is 15.0. The van der Waals surface area contributed by atoms with E-state index in [0.29, 0.717) is 19.6 Å². The van der Waals surface area contributed by atoms with E-state index >= 15 is 0 Å². The van der Waals surface area contributed by atoms with E-state index in [-0.39, 0.29) is 55.7 Å². The fourth-order valence-electron chi connectivity index (χ4n) is 5.90. The zero-order valence-electron chi connectivity index (χ0n) is 27.1. The Hall–Kier alpha value is -4.66. The van der Waals surface area contributed by atoms with Gasteiger partial charge in [-0.15, -0.1) is 0 Å². The standard InChI is InChI=1S/C37H46N4O5/c1-36(2,3)46-35(45)41-23-13-14-28(27-41)25-39-32(42)21-22-38-34(44)26-40-33(43)24-37(29-15-7-4-8-16-29,30-17-9-5-10-18-30)31-19-11-6-12-20-31/h4-12,15-20,28H,13-14,21-27H2,1-3H3,(H,38,44)(H,39,42)(H,40,43)/t28-/m1/s1. The molecule has 1 aliphatic rings. The monoisotopic (exact) mass is 626 g/mol. The van der Waals surface area contributed by atoms with Gasteiger partial charge < -0.3 is 25.6 Å². The highest BCUT2D eigenvalue weighted by atomic mass is 16.6. The van der Waals surface area contributed by atoms with Crippen LogP contribution in [0, 0.1) is 5.92 Å². The van der Waals surface area contributed by atoms with E-state index in [4.69, 9.17) is 4.74 Å². The number of rotatable bonds is 12. The molecule has 0 radical (unpaired) electrons. The molecule has 46 heavy (non-hydrogen) atoms. The van der Waals surface area contributed by atoms with E-state index in [1.807, 2.05) is 112 Å². The zero-order chi connectivity index (χ0) is 33.0. The second kappa shape index (κ2) is 16.1. The summed E-state index contributed by atoms with van der Waals surface area (Å²) in [6.07, 6.45) is 1.65. The molecule has 1 fully saturated rings. The summed E-state index contributed by atoms with van der Waals surface area (Å²) < 4.78 is 5.48. The van der Waals surface area contributed by atoms with E-state index in [2.05, 4.69) is 16.0 Å². The third kappa shape index (κ3) is 9.67. The van der Waals surface area contributed by atoms with Gasteiger partial charge in [0, 0.05) is 39.0 Å². The van der Waals surface area contributed by atoms with Crippen molar-refractivity contribution < 1.29 is 23.9 Å². The molecule has 0 spiro atoms. The Morgan fingerprint density at radius 3 is 1.80 bits per heavy atom. The molecule has 4 amide bonds. The van der Waals surface area contributed by atoms with Crippen LogP contribution in [0.2, 0.25) is 0 Å². The number of likely N-dealkylation sites (tertiary alicyclic amines) is 1. The van der Waals surface area contributed by atoms with E-state index in [9.17, 15) is 19.2 Å².